The van der Waals surface area contributed by atoms with E-state index in [2.05, 4.69) is 4.74 Å². The summed E-state index contributed by atoms with van der Waals surface area (Å²) >= 11 is 0. The molecule has 128 valence electrons. The van der Waals surface area contributed by atoms with E-state index in [-0.39, 0.29) is 0 Å². The van der Waals surface area contributed by atoms with Crippen molar-refractivity contribution in [3.63, 3.8) is 0 Å². The number of rotatable bonds is 5. The highest BCUT2D eigenvalue weighted by atomic mass is 16.7. The fourth-order valence-corrected chi connectivity index (χ4v) is 2.32. The molecule has 0 aliphatic carbocycles. The summed E-state index contributed by atoms with van der Waals surface area (Å²) < 4.78 is 15.4. The molecule has 0 amide bonds. The van der Waals surface area contributed by atoms with Gasteiger partial charge in [0.2, 0.25) is 0 Å². The second-order valence-electron chi connectivity index (χ2n) is 5.15. The van der Waals surface area contributed by atoms with Crippen molar-refractivity contribution in [1.29, 1.82) is 0 Å². The van der Waals surface area contributed by atoms with Gasteiger partial charge < -0.3 is 34.6 Å². The molecular weight excluding hydrogens is 308 g/mol. The zero-order chi connectivity index (χ0) is 17.0. The molecule has 1 heterocycles. The van der Waals surface area contributed by atoms with Crippen LogP contribution < -0.4 is 0 Å². The molecule has 8 nitrogen and oxygen atoms in total. The first-order chi connectivity index (χ1) is 11.0. The molecule has 1 aromatic rings. The maximum atomic E-state index is 11.9. The number of carbonyl (C=O) groups is 1. The summed E-state index contributed by atoms with van der Waals surface area (Å²) in [6.45, 7) is -0.584. The summed E-state index contributed by atoms with van der Waals surface area (Å²) in [5, 5.41) is 38.6. The Morgan fingerprint density at radius 1 is 1.17 bits per heavy atom. The molecule has 0 aromatic heterocycles. The second kappa shape index (κ2) is 7.82. The fraction of sp³-hybridized carbons (Fsp3) is 0.533. The Kier molecular flexibility index (Phi) is 6.05. The molecule has 0 bridgehead atoms. The number of aliphatic hydroxyl groups excluding tert-OH is 4. The average Bonchev–Trinajstić information content (AvgIpc) is 2.59. The Labute approximate surface area is 132 Å². The van der Waals surface area contributed by atoms with Gasteiger partial charge in [0.05, 0.1) is 13.7 Å². The van der Waals surface area contributed by atoms with Crippen LogP contribution in [0.5, 0.6) is 0 Å². The lowest BCUT2D eigenvalue weighted by Gasteiger charge is -2.40. The van der Waals surface area contributed by atoms with E-state index < -0.39 is 49.4 Å². The Bertz CT molecular complexity index is 505. The molecule has 23 heavy (non-hydrogen) atoms. The number of hydrogen-bond donors (Lipinski definition) is 4. The van der Waals surface area contributed by atoms with Crippen LogP contribution in [-0.2, 0) is 19.0 Å². The number of carbonyl (C=O) groups excluding carboxylic acids is 1. The van der Waals surface area contributed by atoms with Gasteiger partial charge in [0.1, 0.15) is 24.4 Å². The van der Waals surface area contributed by atoms with Crippen LogP contribution in [0.15, 0.2) is 30.3 Å². The van der Waals surface area contributed by atoms with Gasteiger partial charge >= 0.3 is 5.97 Å². The molecule has 1 saturated heterocycles. The maximum Gasteiger partial charge on any atom is 0.339 e. The maximum absolute atomic E-state index is 11.9. The van der Waals surface area contributed by atoms with Crippen molar-refractivity contribution in [3.05, 3.63) is 35.9 Å². The number of ether oxygens (including phenoxy) is 3. The number of aliphatic hydroxyl groups is 4. The van der Waals surface area contributed by atoms with Crippen molar-refractivity contribution < 1.29 is 39.4 Å². The van der Waals surface area contributed by atoms with E-state index in [0.717, 1.165) is 0 Å². The van der Waals surface area contributed by atoms with Gasteiger partial charge in [-0.1, -0.05) is 30.3 Å². The van der Waals surface area contributed by atoms with E-state index in [0.29, 0.717) is 5.56 Å². The topological polar surface area (TPSA) is 126 Å². The lowest BCUT2D eigenvalue weighted by Crippen LogP contribution is -2.59. The van der Waals surface area contributed by atoms with Gasteiger partial charge in [0.15, 0.2) is 12.4 Å². The molecule has 0 spiro atoms. The monoisotopic (exact) mass is 328 g/mol. The minimum Gasteiger partial charge on any atom is -0.467 e. The summed E-state index contributed by atoms with van der Waals surface area (Å²) in [5.74, 6) is -0.715. The molecule has 0 saturated carbocycles. The third-order valence-electron chi connectivity index (χ3n) is 3.64. The predicted octanol–water partition coefficient (Wildman–Crippen LogP) is -1.28. The molecule has 1 aliphatic heterocycles. The SMILES string of the molecule is COC(=O)C(OC1O[C@H](CO)[C@@H](O)[C@H](O)[C@@H]1O)c1ccccc1. The van der Waals surface area contributed by atoms with Gasteiger partial charge in [-0.25, -0.2) is 4.79 Å². The zero-order valence-electron chi connectivity index (χ0n) is 12.5. The number of methoxy groups -OCH3 is 1. The van der Waals surface area contributed by atoms with Crippen molar-refractivity contribution >= 4 is 5.97 Å². The van der Waals surface area contributed by atoms with E-state index in [9.17, 15) is 20.1 Å². The van der Waals surface area contributed by atoms with Crippen molar-refractivity contribution in [3.8, 4) is 0 Å². The third kappa shape index (κ3) is 3.86. The number of benzene rings is 1. The number of esters is 1. The van der Waals surface area contributed by atoms with Crippen LogP contribution in [0.2, 0.25) is 0 Å². The van der Waals surface area contributed by atoms with E-state index in [1.807, 2.05) is 0 Å². The van der Waals surface area contributed by atoms with Gasteiger partial charge in [-0.05, 0) is 5.56 Å². The van der Waals surface area contributed by atoms with Crippen molar-refractivity contribution in [2.75, 3.05) is 13.7 Å². The lowest BCUT2D eigenvalue weighted by molar-refractivity contribution is -0.311. The molecule has 2 rings (SSSR count). The van der Waals surface area contributed by atoms with Crippen LogP contribution in [0.3, 0.4) is 0 Å². The highest BCUT2D eigenvalue weighted by molar-refractivity contribution is 5.76. The molecule has 6 atom stereocenters. The molecule has 1 aliphatic rings. The van der Waals surface area contributed by atoms with E-state index >= 15 is 0 Å². The third-order valence-corrected chi connectivity index (χ3v) is 3.64. The van der Waals surface area contributed by atoms with E-state index in [1.165, 1.54) is 7.11 Å². The normalized spacial score (nSPS) is 32.3. The van der Waals surface area contributed by atoms with Crippen LogP contribution in [0.4, 0.5) is 0 Å². The summed E-state index contributed by atoms with van der Waals surface area (Å²) in [5.41, 5.74) is 0.469. The summed E-state index contributed by atoms with van der Waals surface area (Å²) in [6, 6.07) is 8.41. The Hall–Kier alpha value is -1.55. The van der Waals surface area contributed by atoms with Gasteiger partial charge in [0.25, 0.3) is 0 Å². The molecular formula is C15H20O8. The zero-order valence-corrected chi connectivity index (χ0v) is 12.5. The van der Waals surface area contributed by atoms with E-state index in [4.69, 9.17) is 14.6 Å². The van der Waals surface area contributed by atoms with Gasteiger partial charge in [-0.3, -0.25) is 0 Å². The fourth-order valence-electron chi connectivity index (χ4n) is 2.32. The molecule has 4 N–H and O–H groups in total. The quantitative estimate of drug-likeness (QED) is 0.492. The van der Waals surface area contributed by atoms with Crippen LogP contribution in [0.25, 0.3) is 0 Å². The Morgan fingerprint density at radius 2 is 1.83 bits per heavy atom. The van der Waals surface area contributed by atoms with Gasteiger partial charge in [0, 0.05) is 0 Å². The first-order valence-electron chi connectivity index (χ1n) is 7.08. The molecule has 2 unspecified atom stereocenters. The van der Waals surface area contributed by atoms with Crippen LogP contribution in [0.1, 0.15) is 11.7 Å². The molecule has 0 radical (unpaired) electrons. The highest BCUT2D eigenvalue weighted by Gasteiger charge is 2.45. The number of hydrogen-bond acceptors (Lipinski definition) is 8. The predicted molar refractivity (Wildman–Crippen MR) is 76.1 cm³/mol. The summed E-state index contributed by atoms with van der Waals surface area (Å²) in [6.07, 6.45) is -8.41. The highest BCUT2D eigenvalue weighted by Crippen LogP contribution is 2.28. The van der Waals surface area contributed by atoms with Crippen molar-refractivity contribution in [2.45, 2.75) is 36.8 Å². The van der Waals surface area contributed by atoms with Crippen LogP contribution >= 0.6 is 0 Å². The second-order valence-corrected chi connectivity index (χ2v) is 5.15. The smallest absolute Gasteiger partial charge is 0.339 e. The first kappa shape index (κ1) is 17.8. The van der Waals surface area contributed by atoms with Crippen LogP contribution in [-0.4, -0.2) is 70.8 Å². The molecule has 1 fully saturated rings. The Morgan fingerprint density at radius 3 is 2.39 bits per heavy atom. The largest absolute Gasteiger partial charge is 0.467 e. The first-order valence-corrected chi connectivity index (χ1v) is 7.08. The van der Waals surface area contributed by atoms with Crippen LogP contribution in [0, 0.1) is 0 Å². The minimum absolute atomic E-state index is 0.469. The van der Waals surface area contributed by atoms with Crippen molar-refractivity contribution in [1.82, 2.24) is 0 Å². The lowest BCUT2D eigenvalue weighted by atomic mass is 9.99. The van der Waals surface area contributed by atoms with Gasteiger partial charge in [-0.2, -0.15) is 0 Å². The van der Waals surface area contributed by atoms with Crippen molar-refractivity contribution in [2.24, 2.45) is 0 Å². The molecule has 8 heteroatoms. The van der Waals surface area contributed by atoms with Gasteiger partial charge in [-0.15, -0.1) is 0 Å². The average molecular weight is 328 g/mol. The summed E-state index contributed by atoms with van der Waals surface area (Å²) in [7, 11) is 1.19. The molecule has 1 aromatic carbocycles. The minimum atomic E-state index is -1.59. The standard InChI is InChI=1S/C15H20O8/c1-21-14(20)13(8-5-3-2-4-6-8)23-15-12(19)11(18)10(17)9(7-16)22-15/h2-6,9-13,15-19H,7H2,1H3/t9-,10-,11+,12+,13?,15?/m1/s1. The Balaban J connectivity index is 2.20. The summed E-state index contributed by atoms with van der Waals surface area (Å²) in [4.78, 5) is 11.9. The van der Waals surface area contributed by atoms with E-state index in [1.54, 1.807) is 30.3 Å².